The fourth-order valence-electron chi connectivity index (χ4n) is 5.73. The van der Waals surface area contributed by atoms with Gasteiger partial charge in [-0.1, -0.05) is 31.2 Å². The Morgan fingerprint density at radius 3 is 1.00 bits per heavy atom. The number of hydrogen-bond acceptors (Lipinski definition) is 8. The summed E-state index contributed by atoms with van der Waals surface area (Å²) in [5.74, 6) is 2.17. The van der Waals surface area contributed by atoms with Gasteiger partial charge in [0, 0.05) is 17.0 Å². The van der Waals surface area contributed by atoms with E-state index < -0.39 is 11.9 Å². The first kappa shape index (κ1) is 37.0. The summed E-state index contributed by atoms with van der Waals surface area (Å²) in [7, 11) is 0. The van der Waals surface area contributed by atoms with E-state index in [0.717, 1.165) is 22.3 Å². The van der Waals surface area contributed by atoms with Crippen molar-refractivity contribution < 1.29 is 38.1 Å². The summed E-state index contributed by atoms with van der Waals surface area (Å²) in [5, 5.41) is 0. The van der Waals surface area contributed by atoms with Gasteiger partial charge in [0.15, 0.2) is 11.6 Å². The Labute approximate surface area is 313 Å². The van der Waals surface area contributed by atoms with E-state index in [4.69, 9.17) is 18.9 Å². The van der Waals surface area contributed by atoms with Crippen LogP contribution in [0, 0.1) is 13.8 Å². The highest BCUT2D eigenvalue weighted by Gasteiger charge is 2.17. The summed E-state index contributed by atoms with van der Waals surface area (Å²) in [6, 6.07) is 38.5. The fraction of sp³-hybridized carbons (Fsp3) is 0.130. The third kappa shape index (κ3) is 8.97. The van der Waals surface area contributed by atoms with Crippen molar-refractivity contribution >= 4 is 23.5 Å². The number of Topliss-reactive ketones (excluding diaryl/α,β-unsaturated/α-hetero) is 2. The molecule has 0 atom stereocenters. The second-order valence-electron chi connectivity index (χ2n) is 13.0. The van der Waals surface area contributed by atoms with Crippen molar-refractivity contribution in [3.8, 4) is 34.5 Å². The smallest absolute Gasteiger partial charge is 0.343 e. The molecule has 0 fully saturated rings. The first-order valence-corrected chi connectivity index (χ1v) is 17.4. The van der Waals surface area contributed by atoms with Crippen LogP contribution in [0.25, 0.3) is 0 Å². The topological polar surface area (TPSA) is 105 Å². The van der Waals surface area contributed by atoms with Gasteiger partial charge in [-0.2, -0.15) is 0 Å². The van der Waals surface area contributed by atoms with Crippen LogP contribution in [0.2, 0.25) is 0 Å². The second kappa shape index (κ2) is 16.3. The van der Waals surface area contributed by atoms with Crippen LogP contribution in [0.1, 0.15) is 90.4 Å². The molecular weight excluding hydrogens is 680 g/mol. The SMILES string of the molecule is CC(=O)c1ccc(Oc2ccc(C(=O)Oc3ccc(C(C)c4ccc(OC(=O)c5ccc(Oc6ccc(C(C)=O)cc6)cc5)c(C)c4)cc3C)cc2)cc1. The van der Waals surface area contributed by atoms with E-state index in [0.29, 0.717) is 56.8 Å². The zero-order chi connectivity index (χ0) is 38.4. The van der Waals surface area contributed by atoms with E-state index in [1.165, 1.54) is 13.8 Å². The van der Waals surface area contributed by atoms with Crippen molar-refractivity contribution in [2.75, 3.05) is 0 Å². The number of ether oxygens (including phenoxy) is 4. The number of esters is 2. The Bertz CT molecular complexity index is 2160. The first-order valence-electron chi connectivity index (χ1n) is 17.4. The largest absolute Gasteiger partial charge is 0.457 e. The van der Waals surface area contributed by atoms with Crippen molar-refractivity contribution in [3.63, 3.8) is 0 Å². The van der Waals surface area contributed by atoms with E-state index in [1.54, 1.807) is 109 Å². The zero-order valence-electron chi connectivity index (χ0n) is 30.5. The summed E-state index contributed by atoms with van der Waals surface area (Å²) in [6.07, 6.45) is 0. The van der Waals surface area contributed by atoms with Crippen molar-refractivity contribution in [2.45, 2.75) is 40.5 Å². The van der Waals surface area contributed by atoms with Gasteiger partial charge >= 0.3 is 11.9 Å². The molecule has 6 rings (SSSR count). The quantitative estimate of drug-likeness (QED) is 0.0699. The molecule has 270 valence electrons. The van der Waals surface area contributed by atoms with Gasteiger partial charge in [0.1, 0.15) is 34.5 Å². The molecule has 0 radical (unpaired) electrons. The lowest BCUT2D eigenvalue weighted by Gasteiger charge is -2.17. The van der Waals surface area contributed by atoms with Gasteiger partial charge in [-0.25, -0.2) is 9.59 Å². The standard InChI is InChI=1S/C46H38O8/c1-28-26-37(14-24-43(28)53-45(49)35-10-20-41(21-11-35)51-39-16-6-33(7-17-39)31(4)47)30(3)38-15-25-44(29(2)27-38)54-46(50)36-12-22-42(23-13-36)52-40-18-8-34(9-19-40)32(5)48/h6-27,30H,1-5H3. The number of ketones is 2. The molecule has 6 aromatic rings. The van der Waals surface area contributed by atoms with Crippen LogP contribution in [-0.2, 0) is 0 Å². The lowest BCUT2D eigenvalue weighted by Crippen LogP contribution is -2.10. The molecule has 0 unspecified atom stereocenters. The van der Waals surface area contributed by atoms with Crippen LogP contribution >= 0.6 is 0 Å². The average Bonchev–Trinajstić information content (AvgIpc) is 3.17. The Morgan fingerprint density at radius 1 is 0.426 bits per heavy atom. The Hall–Kier alpha value is -6.80. The molecule has 0 aliphatic heterocycles. The van der Waals surface area contributed by atoms with Gasteiger partial charge < -0.3 is 18.9 Å². The summed E-state index contributed by atoms with van der Waals surface area (Å²) in [4.78, 5) is 49.0. The third-order valence-corrected chi connectivity index (χ3v) is 8.98. The van der Waals surface area contributed by atoms with Gasteiger partial charge in [-0.05, 0) is 159 Å². The van der Waals surface area contributed by atoms with Crippen LogP contribution < -0.4 is 18.9 Å². The van der Waals surface area contributed by atoms with Crippen LogP contribution in [-0.4, -0.2) is 23.5 Å². The molecule has 0 saturated heterocycles. The van der Waals surface area contributed by atoms with Crippen LogP contribution in [0.4, 0.5) is 0 Å². The minimum Gasteiger partial charge on any atom is -0.457 e. The molecule has 0 aromatic heterocycles. The second-order valence-corrected chi connectivity index (χ2v) is 13.0. The molecule has 0 saturated carbocycles. The van der Waals surface area contributed by atoms with E-state index in [1.807, 2.05) is 38.1 Å². The molecule has 8 heteroatoms. The van der Waals surface area contributed by atoms with Crippen LogP contribution in [0.3, 0.4) is 0 Å². The highest BCUT2D eigenvalue weighted by Crippen LogP contribution is 2.32. The van der Waals surface area contributed by atoms with Crippen LogP contribution in [0.5, 0.6) is 34.5 Å². The van der Waals surface area contributed by atoms with E-state index in [9.17, 15) is 19.2 Å². The summed E-state index contributed by atoms with van der Waals surface area (Å²) in [5.41, 5.74) is 5.65. The predicted octanol–water partition coefficient (Wildman–Crippen LogP) is 10.9. The van der Waals surface area contributed by atoms with Gasteiger partial charge in [0.2, 0.25) is 0 Å². The fourth-order valence-corrected chi connectivity index (χ4v) is 5.73. The number of carbonyl (C=O) groups excluding carboxylic acids is 4. The van der Waals surface area contributed by atoms with Crippen LogP contribution in [0.15, 0.2) is 133 Å². The van der Waals surface area contributed by atoms with Crippen molar-refractivity contribution in [3.05, 3.63) is 178 Å². The Kier molecular flexibility index (Phi) is 11.1. The highest BCUT2D eigenvalue weighted by atomic mass is 16.5. The summed E-state index contributed by atoms with van der Waals surface area (Å²) >= 11 is 0. The van der Waals surface area contributed by atoms with Gasteiger partial charge in [-0.15, -0.1) is 0 Å². The molecule has 0 aliphatic carbocycles. The maximum absolute atomic E-state index is 13.0. The molecule has 0 N–H and O–H groups in total. The molecule has 0 amide bonds. The minimum atomic E-state index is -0.487. The Morgan fingerprint density at radius 2 is 0.722 bits per heavy atom. The predicted molar refractivity (Wildman–Crippen MR) is 206 cm³/mol. The van der Waals surface area contributed by atoms with Crippen molar-refractivity contribution in [2.24, 2.45) is 0 Å². The third-order valence-electron chi connectivity index (χ3n) is 8.98. The van der Waals surface area contributed by atoms with Gasteiger partial charge in [-0.3, -0.25) is 9.59 Å². The average molecular weight is 719 g/mol. The number of hydrogen-bond donors (Lipinski definition) is 0. The van der Waals surface area contributed by atoms with E-state index in [-0.39, 0.29) is 17.5 Å². The molecule has 0 aliphatic rings. The zero-order valence-corrected chi connectivity index (χ0v) is 30.5. The van der Waals surface area contributed by atoms with E-state index in [2.05, 4.69) is 6.92 Å². The number of benzene rings is 6. The highest BCUT2D eigenvalue weighted by molar-refractivity contribution is 5.95. The monoisotopic (exact) mass is 718 g/mol. The van der Waals surface area contributed by atoms with Crippen molar-refractivity contribution in [1.82, 2.24) is 0 Å². The molecule has 0 bridgehead atoms. The normalized spacial score (nSPS) is 10.8. The van der Waals surface area contributed by atoms with Crippen molar-refractivity contribution in [1.29, 1.82) is 0 Å². The molecule has 0 spiro atoms. The number of aryl methyl sites for hydroxylation is 2. The first-order chi connectivity index (χ1) is 25.9. The van der Waals surface area contributed by atoms with Gasteiger partial charge in [0.25, 0.3) is 0 Å². The minimum absolute atomic E-state index is 0.00863. The van der Waals surface area contributed by atoms with E-state index >= 15 is 0 Å². The molecule has 54 heavy (non-hydrogen) atoms. The lowest BCUT2D eigenvalue weighted by atomic mass is 9.91. The molecule has 0 heterocycles. The number of carbonyl (C=O) groups is 4. The number of rotatable bonds is 12. The lowest BCUT2D eigenvalue weighted by molar-refractivity contribution is 0.0724. The van der Waals surface area contributed by atoms with Gasteiger partial charge in [0.05, 0.1) is 11.1 Å². The maximum atomic E-state index is 13.0. The summed E-state index contributed by atoms with van der Waals surface area (Å²) in [6.45, 7) is 8.90. The Balaban J connectivity index is 1.04. The summed E-state index contributed by atoms with van der Waals surface area (Å²) < 4.78 is 23.2. The molecule has 6 aromatic carbocycles. The molecule has 8 nitrogen and oxygen atoms in total. The molecular formula is C46H38O8. The maximum Gasteiger partial charge on any atom is 0.343 e.